The molecule has 2 atom stereocenters. The minimum atomic E-state index is -0.102. The maximum absolute atomic E-state index is 12.0. The van der Waals surface area contributed by atoms with E-state index in [0.29, 0.717) is 6.54 Å². The largest absolute Gasteiger partial charge is 0.368 e. The summed E-state index contributed by atoms with van der Waals surface area (Å²) in [6.07, 6.45) is 6.11. The molecule has 0 aliphatic heterocycles. The molecule has 4 heteroatoms. The fourth-order valence-electron chi connectivity index (χ4n) is 2.96. The van der Waals surface area contributed by atoms with Gasteiger partial charge in [-0.2, -0.15) is 0 Å². The first-order chi connectivity index (χ1) is 10.2. The first-order valence-corrected chi connectivity index (χ1v) is 7.92. The maximum Gasteiger partial charge on any atom is 0.250 e. The molecule has 3 N–H and O–H groups in total. The normalized spacial score (nSPS) is 22.0. The van der Waals surface area contributed by atoms with Crippen LogP contribution in [0.5, 0.6) is 0 Å². The van der Waals surface area contributed by atoms with Crippen LogP contribution in [0.3, 0.4) is 0 Å². The van der Waals surface area contributed by atoms with Crippen molar-refractivity contribution < 1.29 is 9.53 Å². The second-order valence-electron chi connectivity index (χ2n) is 5.78. The van der Waals surface area contributed by atoms with Crippen LogP contribution >= 0.6 is 0 Å². The molecule has 1 amide bonds. The Bertz CT molecular complexity index is 462. The monoisotopic (exact) mass is 290 g/mol. The molecule has 21 heavy (non-hydrogen) atoms. The topological polar surface area (TPSA) is 64.3 Å². The van der Waals surface area contributed by atoms with E-state index >= 15 is 0 Å². The predicted molar refractivity (Wildman–Crippen MR) is 85.0 cm³/mol. The highest BCUT2D eigenvalue weighted by Gasteiger charge is 2.21. The van der Waals surface area contributed by atoms with Crippen LogP contribution in [0.25, 0.3) is 0 Å². The van der Waals surface area contributed by atoms with Gasteiger partial charge in [-0.15, -0.1) is 0 Å². The number of carbonyl (C=O) groups is 1. The number of nitrogens with two attached hydrogens (primary N) is 1. The standard InChI is InChI=1S/C17H26N2O2/c1-2-13-6-5-8-15(10-13)21-12-17(20)19-16-9-4-3-7-14(16)11-18/h3-4,7,9,13,15H,2,5-6,8,10-12,18H2,1H3,(H,19,20). The SMILES string of the molecule is CCC1CCCC(OCC(=O)Nc2ccccc2CN)C1. The van der Waals surface area contributed by atoms with Crippen LogP contribution < -0.4 is 11.1 Å². The van der Waals surface area contributed by atoms with E-state index in [2.05, 4.69) is 12.2 Å². The molecule has 0 radical (unpaired) electrons. The van der Waals surface area contributed by atoms with E-state index in [1.165, 1.54) is 19.3 Å². The van der Waals surface area contributed by atoms with Crippen molar-refractivity contribution in [2.24, 2.45) is 11.7 Å². The molecule has 0 bridgehead atoms. The average molecular weight is 290 g/mol. The van der Waals surface area contributed by atoms with Crippen LogP contribution in [0.4, 0.5) is 5.69 Å². The predicted octanol–water partition coefficient (Wildman–Crippen LogP) is 3.07. The van der Waals surface area contributed by atoms with Crippen molar-refractivity contribution in [2.75, 3.05) is 11.9 Å². The van der Waals surface area contributed by atoms with Gasteiger partial charge in [-0.05, 0) is 30.4 Å². The zero-order valence-corrected chi connectivity index (χ0v) is 12.8. The van der Waals surface area contributed by atoms with Gasteiger partial charge in [-0.25, -0.2) is 0 Å². The van der Waals surface area contributed by atoms with Gasteiger partial charge in [0.05, 0.1) is 6.10 Å². The molecular weight excluding hydrogens is 264 g/mol. The Kier molecular flexibility index (Phi) is 6.21. The van der Waals surface area contributed by atoms with Crippen LogP contribution in [-0.2, 0) is 16.1 Å². The highest BCUT2D eigenvalue weighted by molar-refractivity contribution is 5.92. The van der Waals surface area contributed by atoms with Crippen LogP contribution in [0.1, 0.15) is 44.6 Å². The van der Waals surface area contributed by atoms with Crippen molar-refractivity contribution in [3.8, 4) is 0 Å². The van der Waals surface area contributed by atoms with E-state index < -0.39 is 0 Å². The number of anilines is 1. The molecule has 2 unspecified atom stereocenters. The molecule has 116 valence electrons. The zero-order valence-electron chi connectivity index (χ0n) is 12.8. The third kappa shape index (κ3) is 4.83. The molecule has 1 aromatic rings. The minimum absolute atomic E-state index is 0.102. The second kappa shape index (κ2) is 8.15. The van der Waals surface area contributed by atoms with E-state index in [0.717, 1.165) is 30.0 Å². The Morgan fingerprint density at radius 1 is 1.38 bits per heavy atom. The Morgan fingerprint density at radius 3 is 2.95 bits per heavy atom. The summed E-state index contributed by atoms with van der Waals surface area (Å²) in [5, 5.41) is 2.88. The average Bonchev–Trinajstić information content (AvgIpc) is 2.53. The van der Waals surface area contributed by atoms with Gasteiger partial charge < -0.3 is 15.8 Å². The number of carbonyl (C=O) groups excluding carboxylic acids is 1. The van der Waals surface area contributed by atoms with Crippen LogP contribution in [-0.4, -0.2) is 18.6 Å². The molecule has 1 aromatic carbocycles. The molecule has 1 fully saturated rings. The van der Waals surface area contributed by atoms with Crippen molar-refractivity contribution in [3.05, 3.63) is 29.8 Å². The number of ether oxygens (including phenoxy) is 1. The highest BCUT2D eigenvalue weighted by Crippen LogP contribution is 2.28. The third-order valence-corrected chi connectivity index (χ3v) is 4.27. The van der Waals surface area contributed by atoms with Gasteiger partial charge in [0, 0.05) is 12.2 Å². The quantitative estimate of drug-likeness (QED) is 0.846. The smallest absolute Gasteiger partial charge is 0.250 e. The molecular formula is C17H26N2O2. The van der Waals surface area contributed by atoms with Crippen LogP contribution in [0.2, 0.25) is 0 Å². The Hall–Kier alpha value is -1.39. The first-order valence-electron chi connectivity index (χ1n) is 7.92. The van der Waals surface area contributed by atoms with E-state index in [1.807, 2.05) is 24.3 Å². The third-order valence-electron chi connectivity index (χ3n) is 4.27. The number of para-hydroxylation sites is 1. The number of rotatable bonds is 6. The lowest BCUT2D eigenvalue weighted by Crippen LogP contribution is -2.27. The lowest BCUT2D eigenvalue weighted by molar-refractivity contribution is -0.123. The highest BCUT2D eigenvalue weighted by atomic mass is 16.5. The number of hydrogen-bond donors (Lipinski definition) is 2. The van der Waals surface area contributed by atoms with Gasteiger partial charge in [-0.3, -0.25) is 4.79 Å². The molecule has 0 heterocycles. The van der Waals surface area contributed by atoms with Crippen molar-refractivity contribution >= 4 is 11.6 Å². The summed E-state index contributed by atoms with van der Waals surface area (Å²) in [5.41, 5.74) is 7.39. The molecule has 1 aliphatic rings. The van der Waals surface area contributed by atoms with Gasteiger partial charge in [0.15, 0.2) is 0 Å². The van der Waals surface area contributed by atoms with Crippen molar-refractivity contribution in [1.29, 1.82) is 0 Å². The number of benzene rings is 1. The summed E-state index contributed by atoms with van der Waals surface area (Å²) in [5.74, 6) is 0.652. The van der Waals surface area contributed by atoms with Crippen LogP contribution in [0, 0.1) is 5.92 Å². The van der Waals surface area contributed by atoms with Gasteiger partial charge >= 0.3 is 0 Å². The van der Waals surface area contributed by atoms with Gasteiger partial charge in [0.1, 0.15) is 6.61 Å². The van der Waals surface area contributed by atoms with Crippen molar-refractivity contribution in [1.82, 2.24) is 0 Å². The second-order valence-corrected chi connectivity index (χ2v) is 5.78. The Labute approximate surface area is 127 Å². The fourth-order valence-corrected chi connectivity index (χ4v) is 2.96. The van der Waals surface area contributed by atoms with Crippen LogP contribution in [0.15, 0.2) is 24.3 Å². The van der Waals surface area contributed by atoms with E-state index in [9.17, 15) is 4.79 Å². The van der Waals surface area contributed by atoms with Gasteiger partial charge in [-0.1, -0.05) is 44.4 Å². The first kappa shape index (κ1) is 16.0. The number of nitrogens with one attached hydrogen (secondary N) is 1. The summed E-state index contributed by atoms with van der Waals surface area (Å²) in [6, 6.07) is 7.60. The van der Waals surface area contributed by atoms with E-state index in [-0.39, 0.29) is 18.6 Å². The molecule has 1 saturated carbocycles. The van der Waals surface area contributed by atoms with Crippen molar-refractivity contribution in [3.63, 3.8) is 0 Å². The molecule has 1 aliphatic carbocycles. The molecule has 0 aromatic heterocycles. The zero-order chi connectivity index (χ0) is 15.1. The van der Waals surface area contributed by atoms with Gasteiger partial charge in [0.25, 0.3) is 0 Å². The Morgan fingerprint density at radius 2 is 2.19 bits per heavy atom. The lowest BCUT2D eigenvalue weighted by Gasteiger charge is -2.28. The van der Waals surface area contributed by atoms with E-state index in [1.54, 1.807) is 0 Å². The van der Waals surface area contributed by atoms with Crippen molar-refractivity contribution in [2.45, 2.75) is 51.7 Å². The molecule has 4 nitrogen and oxygen atoms in total. The summed E-state index contributed by atoms with van der Waals surface area (Å²) in [7, 11) is 0. The summed E-state index contributed by atoms with van der Waals surface area (Å²) in [4.78, 5) is 12.0. The van der Waals surface area contributed by atoms with E-state index in [4.69, 9.17) is 10.5 Å². The number of hydrogen-bond acceptors (Lipinski definition) is 3. The summed E-state index contributed by atoms with van der Waals surface area (Å²) >= 11 is 0. The lowest BCUT2D eigenvalue weighted by atomic mass is 9.85. The summed E-state index contributed by atoms with van der Waals surface area (Å²) < 4.78 is 5.78. The molecule has 0 spiro atoms. The van der Waals surface area contributed by atoms with Gasteiger partial charge in [0.2, 0.25) is 5.91 Å². The molecule has 0 saturated heterocycles. The number of amides is 1. The Balaban J connectivity index is 1.79. The molecule has 2 rings (SSSR count). The maximum atomic E-state index is 12.0. The fraction of sp³-hybridized carbons (Fsp3) is 0.588. The summed E-state index contributed by atoms with van der Waals surface area (Å²) in [6.45, 7) is 2.77. The minimum Gasteiger partial charge on any atom is -0.368 e.